The van der Waals surface area contributed by atoms with E-state index in [0.29, 0.717) is 11.6 Å². The van der Waals surface area contributed by atoms with E-state index in [2.05, 4.69) is 4.98 Å². The van der Waals surface area contributed by atoms with Crippen LogP contribution in [0, 0.1) is 6.92 Å². The van der Waals surface area contributed by atoms with Crippen molar-refractivity contribution in [1.82, 2.24) is 4.98 Å². The molecule has 0 saturated heterocycles. The van der Waals surface area contributed by atoms with Gasteiger partial charge in [0.1, 0.15) is 5.69 Å². The lowest BCUT2D eigenvalue weighted by Crippen LogP contribution is -1.75. The first-order valence-corrected chi connectivity index (χ1v) is 3.99. The van der Waals surface area contributed by atoms with E-state index in [1.54, 1.807) is 6.92 Å². The number of aryl methyl sites for hydroxylation is 1. The minimum absolute atomic E-state index is 0.112. The molecule has 0 fully saturated rings. The van der Waals surface area contributed by atoms with Gasteiger partial charge >= 0.3 is 5.95 Å². The molecule has 0 aliphatic carbocycles. The van der Waals surface area contributed by atoms with Gasteiger partial charge in [-0.15, -0.1) is 0 Å². The lowest BCUT2D eigenvalue weighted by molar-refractivity contribution is 0.334. The van der Waals surface area contributed by atoms with Crippen LogP contribution in [0.5, 0.6) is 5.95 Å². The van der Waals surface area contributed by atoms with Crippen LogP contribution >= 0.6 is 0 Å². The van der Waals surface area contributed by atoms with Crippen molar-refractivity contribution in [3.8, 4) is 17.4 Å². The van der Waals surface area contributed by atoms with Gasteiger partial charge in [0, 0.05) is 5.56 Å². The van der Waals surface area contributed by atoms with Crippen LogP contribution in [-0.4, -0.2) is 10.1 Å². The van der Waals surface area contributed by atoms with Crippen molar-refractivity contribution in [2.75, 3.05) is 0 Å². The van der Waals surface area contributed by atoms with Gasteiger partial charge in [0.2, 0.25) is 5.89 Å². The van der Waals surface area contributed by atoms with Crippen LogP contribution in [0.4, 0.5) is 0 Å². The van der Waals surface area contributed by atoms with Crippen molar-refractivity contribution in [1.29, 1.82) is 0 Å². The minimum Gasteiger partial charge on any atom is -0.479 e. The molecule has 0 amide bonds. The molecule has 2 aromatic rings. The zero-order valence-electron chi connectivity index (χ0n) is 7.19. The Bertz CT molecular complexity index is 387. The molecule has 0 bridgehead atoms. The van der Waals surface area contributed by atoms with Crippen LogP contribution in [0.15, 0.2) is 34.7 Å². The monoisotopic (exact) mass is 175 g/mol. The summed E-state index contributed by atoms with van der Waals surface area (Å²) < 4.78 is 5.04. The second-order valence-corrected chi connectivity index (χ2v) is 2.78. The van der Waals surface area contributed by atoms with Gasteiger partial charge in [0.15, 0.2) is 0 Å². The van der Waals surface area contributed by atoms with Gasteiger partial charge < -0.3 is 9.52 Å². The molecule has 0 radical (unpaired) electrons. The van der Waals surface area contributed by atoms with Crippen molar-refractivity contribution in [2.45, 2.75) is 6.92 Å². The van der Waals surface area contributed by atoms with Crippen LogP contribution in [0.3, 0.4) is 0 Å². The fraction of sp³-hybridized carbons (Fsp3) is 0.100. The number of rotatable bonds is 1. The molecule has 0 spiro atoms. The SMILES string of the molecule is Cc1nc(-c2ccccc2)oc1O. The number of aromatic nitrogens is 1. The van der Waals surface area contributed by atoms with Gasteiger partial charge in [0.05, 0.1) is 0 Å². The first-order chi connectivity index (χ1) is 6.27. The van der Waals surface area contributed by atoms with Crippen molar-refractivity contribution >= 4 is 0 Å². The summed E-state index contributed by atoms with van der Waals surface area (Å²) in [4.78, 5) is 4.06. The summed E-state index contributed by atoms with van der Waals surface area (Å²) in [6.45, 7) is 1.70. The summed E-state index contributed by atoms with van der Waals surface area (Å²) in [6, 6.07) is 9.46. The zero-order chi connectivity index (χ0) is 9.26. The van der Waals surface area contributed by atoms with Crippen LogP contribution < -0.4 is 0 Å². The van der Waals surface area contributed by atoms with Gasteiger partial charge in [0.25, 0.3) is 0 Å². The maximum atomic E-state index is 9.17. The molecule has 0 aliphatic rings. The number of hydrogen-bond acceptors (Lipinski definition) is 3. The summed E-state index contributed by atoms with van der Waals surface area (Å²) in [5.74, 6) is 0.342. The van der Waals surface area contributed by atoms with E-state index in [9.17, 15) is 5.11 Å². The standard InChI is InChI=1S/C10H9NO2/c1-7-10(12)13-9(11-7)8-5-3-2-4-6-8/h2-6,12H,1H3. The molecular weight excluding hydrogens is 166 g/mol. The summed E-state index contributed by atoms with van der Waals surface area (Å²) in [5, 5.41) is 9.17. The predicted octanol–water partition coefficient (Wildman–Crippen LogP) is 2.36. The highest BCUT2D eigenvalue weighted by atomic mass is 16.5. The molecule has 2 rings (SSSR count). The number of oxazole rings is 1. The topological polar surface area (TPSA) is 46.3 Å². The van der Waals surface area contributed by atoms with Crippen molar-refractivity contribution in [2.24, 2.45) is 0 Å². The summed E-state index contributed by atoms with van der Waals surface area (Å²) >= 11 is 0. The normalized spacial score (nSPS) is 10.2. The quantitative estimate of drug-likeness (QED) is 0.723. The van der Waals surface area contributed by atoms with E-state index < -0.39 is 0 Å². The fourth-order valence-electron chi connectivity index (χ4n) is 1.09. The average Bonchev–Trinajstić information content (AvgIpc) is 2.49. The molecule has 13 heavy (non-hydrogen) atoms. The Hall–Kier alpha value is -1.77. The average molecular weight is 175 g/mol. The van der Waals surface area contributed by atoms with Crippen molar-refractivity contribution < 1.29 is 9.52 Å². The smallest absolute Gasteiger partial charge is 0.306 e. The molecule has 0 atom stereocenters. The fourth-order valence-corrected chi connectivity index (χ4v) is 1.09. The number of aromatic hydroxyl groups is 1. The second-order valence-electron chi connectivity index (χ2n) is 2.78. The molecule has 66 valence electrons. The Kier molecular flexibility index (Phi) is 1.77. The summed E-state index contributed by atoms with van der Waals surface area (Å²) in [7, 11) is 0. The molecule has 1 aromatic heterocycles. The van der Waals surface area contributed by atoms with Gasteiger partial charge in [-0.3, -0.25) is 0 Å². The third-order valence-electron chi connectivity index (χ3n) is 1.79. The van der Waals surface area contributed by atoms with E-state index in [0.717, 1.165) is 5.56 Å². The molecule has 1 aromatic carbocycles. The highest BCUT2D eigenvalue weighted by Crippen LogP contribution is 2.24. The van der Waals surface area contributed by atoms with E-state index in [-0.39, 0.29) is 5.95 Å². The van der Waals surface area contributed by atoms with Crippen LogP contribution in [-0.2, 0) is 0 Å². The van der Waals surface area contributed by atoms with Crippen LogP contribution in [0.25, 0.3) is 11.5 Å². The largest absolute Gasteiger partial charge is 0.479 e. The molecule has 0 aliphatic heterocycles. The first kappa shape index (κ1) is 7.86. The van der Waals surface area contributed by atoms with E-state index in [1.165, 1.54) is 0 Å². The molecule has 1 heterocycles. The zero-order valence-corrected chi connectivity index (χ0v) is 7.19. The maximum absolute atomic E-state index is 9.17. The minimum atomic E-state index is -0.112. The third-order valence-corrected chi connectivity index (χ3v) is 1.79. The van der Waals surface area contributed by atoms with E-state index >= 15 is 0 Å². The van der Waals surface area contributed by atoms with Crippen LogP contribution in [0.2, 0.25) is 0 Å². The molecular formula is C10H9NO2. The Labute approximate surface area is 75.7 Å². The number of nitrogens with zero attached hydrogens (tertiary/aromatic N) is 1. The predicted molar refractivity (Wildman–Crippen MR) is 48.3 cm³/mol. The Morgan fingerprint density at radius 3 is 2.46 bits per heavy atom. The lowest BCUT2D eigenvalue weighted by atomic mass is 10.2. The summed E-state index contributed by atoms with van der Waals surface area (Å²) in [6.07, 6.45) is 0. The second kappa shape index (κ2) is 2.94. The lowest BCUT2D eigenvalue weighted by Gasteiger charge is -1.91. The molecule has 3 heteroatoms. The van der Waals surface area contributed by atoms with Gasteiger partial charge in [-0.25, -0.2) is 4.98 Å². The van der Waals surface area contributed by atoms with Gasteiger partial charge in [-0.05, 0) is 19.1 Å². The van der Waals surface area contributed by atoms with E-state index in [4.69, 9.17) is 4.42 Å². The maximum Gasteiger partial charge on any atom is 0.306 e. The molecule has 0 unspecified atom stereocenters. The van der Waals surface area contributed by atoms with Gasteiger partial charge in [-0.1, -0.05) is 18.2 Å². The van der Waals surface area contributed by atoms with E-state index in [1.807, 2.05) is 30.3 Å². The first-order valence-electron chi connectivity index (χ1n) is 3.99. The number of hydrogen-bond donors (Lipinski definition) is 1. The Morgan fingerprint density at radius 1 is 1.23 bits per heavy atom. The molecule has 1 N–H and O–H groups in total. The molecule has 0 saturated carbocycles. The highest BCUT2D eigenvalue weighted by Gasteiger charge is 2.08. The molecule has 3 nitrogen and oxygen atoms in total. The van der Waals surface area contributed by atoms with Crippen LogP contribution in [0.1, 0.15) is 5.69 Å². The Balaban J connectivity index is 2.48. The highest BCUT2D eigenvalue weighted by molar-refractivity contribution is 5.53. The van der Waals surface area contributed by atoms with Crippen molar-refractivity contribution in [3.63, 3.8) is 0 Å². The number of benzene rings is 1. The summed E-state index contributed by atoms with van der Waals surface area (Å²) in [5.41, 5.74) is 1.38. The Morgan fingerprint density at radius 2 is 1.92 bits per heavy atom. The van der Waals surface area contributed by atoms with Gasteiger partial charge in [-0.2, -0.15) is 0 Å². The van der Waals surface area contributed by atoms with Crippen molar-refractivity contribution in [3.05, 3.63) is 36.0 Å². The third kappa shape index (κ3) is 1.40.